The van der Waals surface area contributed by atoms with Crippen molar-refractivity contribution in [1.82, 2.24) is 4.90 Å². The highest BCUT2D eigenvalue weighted by Gasteiger charge is 2.29. The van der Waals surface area contributed by atoms with Crippen LogP contribution in [0.4, 0.5) is 0 Å². The first-order valence-electron chi connectivity index (χ1n) is 11.7. The molecule has 2 N–H and O–H groups in total. The van der Waals surface area contributed by atoms with Gasteiger partial charge in [-0.05, 0) is 48.2 Å². The molecule has 2 aliphatic heterocycles. The molecule has 2 aliphatic rings. The Labute approximate surface area is 199 Å². The maximum atomic E-state index is 14.0. The van der Waals surface area contributed by atoms with E-state index in [-0.39, 0.29) is 30.6 Å². The predicted octanol–water partition coefficient (Wildman–Crippen LogP) is 3.97. The molecular formula is C26H30N2O6. The van der Waals surface area contributed by atoms with Gasteiger partial charge in [0.1, 0.15) is 0 Å². The number of primary amides is 1. The molecule has 2 aromatic carbocycles. The van der Waals surface area contributed by atoms with Crippen molar-refractivity contribution in [2.75, 3.05) is 26.7 Å². The molecule has 0 aromatic heterocycles. The van der Waals surface area contributed by atoms with Gasteiger partial charge < -0.3 is 29.6 Å². The van der Waals surface area contributed by atoms with Crippen molar-refractivity contribution in [3.63, 3.8) is 0 Å². The third-order valence-electron chi connectivity index (χ3n) is 5.88. The smallest absolute Gasteiger partial charge is 0.255 e. The van der Waals surface area contributed by atoms with E-state index < -0.39 is 5.91 Å². The molecule has 0 atom stereocenters. The SMILES string of the molecule is CCCCN(CCCC)C(=O)/C(=C(\C(N)=O)c1ccc2c(c1)OCO2)c1ccc2c(c1)OCO2. The topological polar surface area (TPSA) is 100 Å². The maximum absolute atomic E-state index is 14.0. The van der Waals surface area contributed by atoms with Crippen molar-refractivity contribution >= 4 is 23.0 Å². The van der Waals surface area contributed by atoms with Crippen LogP contribution in [0.1, 0.15) is 50.7 Å². The van der Waals surface area contributed by atoms with Gasteiger partial charge in [0.25, 0.3) is 5.91 Å². The van der Waals surface area contributed by atoms with Crippen LogP contribution in [0.3, 0.4) is 0 Å². The number of nitrogens with two attached hydrogens (primary N) is 1. The molecular weight excluding hydrogens is 436 g/mol. The van der Waals surface area contributed by atoms with Gasteiger partial charge in [0.15, 0.2) is 23.0 Å². The minimum atomic E-state index is -0.703. The van der Waals surface area contributed by atoms with E-state index in [0.29, 0.717) is 47.2 Å². The van der Waals surface area contributed by atoms with Gasteiger partial charge in [0, 0.05) is 13.1 Å². The Bertz CT molecular complexity index is 1100. The van der Waals surface area contributed by atoms with Gasteiger partial charge >= 0.3 is 0 Å². The lowest BCUT2D eigenvalue weighted by Gasteiger charge is -2.25. The third kappa shape index (κ3) is 4.81. The van der Waals surface area contributed by atoms with Gasteiger partial charge in [-0.15, -0.1) is 0 Å². The Kier molecular flexibility index (Phi) is 7.25. The lowest BCUT2D eigenvalue weighted by Crippen LogP contribution is -2.35. The summed E-state index contributed by atoms with van der Waals surface area (Å²) in [6.45, 7) is 5.56. The predicted molar refractivity (Wildman–Crippen MR) is 128 cm³/mol. The molecule has 34 heavy (non-hydrogen) atoms. The first-order chi connectivity index (χ1) is 16.5. The zero-order valence-electron chi connectivity index (χ0n) is 19.6. The molecule has 2 aromatic rings. The molecule has 2 heterocycles. The van der Waals surface area contributed by atoms with Crippen LogP contribution in [-0.4, -0.2) is 43.4 Å². The van der Waals surface area contributed by atoms with Gasteiger partial charge in [-0.3, -0.25) is 9.59 Å². The summed E-state index contributed by atoms with van der Waals surface area (Å²) in [6.07, 6.45) is 3.62. The lowest BCUT2D eigenvalue weighted by molar-refractivity contribution is -0.125. The number of carbonyl (C=O) groups excluding carboxylic acids is 2. The number of nitrogens with zero attached hydrogens (tertiary/aromatic N) is 1. The molecule has 8 nitrogen and oxygen atoms in total. The van der Waals surface area contributed by atoms with E-state index in [0.717, 1.165) is 25.7 Å². The highest BCUT2D eigenvalue weighted by Crippen LogP contribution is 2.39. The molecule has 0 saturated carbocycles. The van der Waals surface area contributed by atoms with Crippen LogP contribution < -0.4 is 24.7 Å². The average Bonchev–Trinajstić information content (AvgIpc) is 3.50. The summed E-state index contributed by atoms with van der Waals surface area (Å²) in [6, 6.07) is 10.3. The number of hydrogen-bond donors (Lipinski definition) is 1. The van der Waals surface area contributed by atoms with E-state index in [9.17, 15) is 9.59 Å². The number of unbranched alkanes of at least 4 members (excludes halogenated alkanes) is 2. The third-order valence-corrected chi connectivity index (χ3v) is 5.88. The molecule has 0 fully saturated rings. The highest BCUT2D eigenvalue weighted by molar-refractivity contribution is 6.39. The largest absolute Gasteiger partial charge is 0.454 e. The minimum absolute atomic E-state index is 0.101. The van der Waals surface area contributed by atoms with Crippen molar-refractivity contribution < 1.29 is 28.5 Å². The molecule has 0 unspecified atom stereocenters. The number of rotatable bonds is 10. The summed E-state index contributed by atoms with van der Waals surface area (Å²) < 4.78 is 21.9. The van der Waals surface area contributed by atoms with Gasteiger partial charge in [-0.2, -0.15) is 0 Å². The van der Waals surface area contributed by atoms with Crippen LogP contribution in [0.2, 0.25) is 0 Å². The van der Waals surface area contributed by atoms with Crippen LogP contribution in [0.15, 0.2) is 36.4 Å². The summed E-state index contributed by atoms with van der Waals surface area (Å²) >= 11 is 0. The highest BCUT2D eigenvalue weighted by atomic mass is 16.7. The van der Waals surface area contributed by atoms with Gasteiger partial charge in [-0.1, -0.05) is 38.8 Å². The van der Waals surface area contributed by atoms with Gasteiger partial charge in [0.2, 0.25) is 19.5 Å². The first-order valence-corrected chi connectivity index (χ1v) is 11.7. The molecule has 0 radical (unpaired) electrons. The fraction of sp³-hybridized carbons (Fsp3) is 0.385. The Morgan fingerprint density at radius 1 is 0.765 bits per heavy atom. The first kappa shape index (κ1) is 23.5. The Morgan fingerprint density at radius 2 is 1.24 bits per heavy atom. The number of benzene rings is 2. The van der Waals surface area contributed by atoms with E-state index in [4.69, 9.17) is 24.7 Å². The summed E-state index contributed by atoms with van der Waals surface area (Å²) in [5.41, 5.74) is 7.30. The number of fused-ring (bicyclic) bond motifs is 2. The Balaban J connectivity index is 1.88. The molecule has 4 rings (SSSR count). The Hall–Kier alpha value is -3.68. The van der Waals surface area contributed by atoms with E-state index in [1.54, 1.807) is 36.4 Å². The standard InChI is InChI=1S/C26H30N2O6/c1-3-5-11-28(12-6-4-2)26(30)24(18-8-10-20-22(14-18)34-16-32-20)23(25(27)29)17-7-9-19-21(13-17)33-15-31-19/h7-10,13-14H,3-6,11-12,15-16H2,1-2H3,(H2,27,29)/b24-23-. The molecule has 8 heteroatoms. The minimum Gasteiger partial charge on any atom is -0.454 e. The monoisotopic (exact) mass is 466 g/mol. The van der Waals surface area contributed by atoms with Gasteiger partial charge in [0.05, 0.1) is 11.1 Å². The number of ether oxygens (including phenoxy) is 4. The Morgan fingerprint density at radius 3 is 1.71 bits per heavy atom. The summed E-state index contributed by atoms with van der Waals surface area (Å²) in [5, 5.41) is 0. The van der Waals surface area contributed by atoms with E-state index in [1.165, 1.54) is 0 Å². The van der Waals surface area contributed by atoms with E-state index in [2.05, 4.69) is 13.8 Å². The lowest BCUT2D eigenvalue weighted by atomic mass is 9.92. The van der Waals surface area contributed by atoms with Crippen molar-refractivity contribution in [2.45, 2.75) is 39.5 Å². The summed E-state index contributed by atoms with van der Waals surface area (Å²) in [5.74, 6) is 1.25. The average molecular weight is 467 g/mol. The van der Waals surface area contributed by atoms with Crippen molar-refractivity contribution in [1.29, 1.82) is 0 Å². The second-order valence-electron chi connectivity index (χ2n) is 8.25. The van der Waals surface area contributed by atoms with Crippen molar-refractivity contribution in [2.24, 2.45) is 5.73 Å². The van der Waals surface area contributed by atoms with Crippen LogP contribution >= 0.6 is 0 Å². The molecule has 0 aliphatic carbocycles. The zero-order valence-corrected chi connectivity index (χ0v) is 19.6. The normalized spacial score (nSPS) is 14.1. The van der Waals surface area contributed by atoms with Crippen LogP contribution in [0, 0.1) is 0 Å². The molecule has 180 valence electrons. The molecule has 0 saturated heterocycles. The van der Waals surface area contributed by atoms with E-state index >= 15 is 0 Å². The van der Waals surface area contributed by atoms with E-state index in [1.807, 2.05) is 4.90 Å². The molecule has 2 amide bonds. The van der Waals surface area contributed by atoms with Gasteiger partial charge in [-0.25, -0.2) is 0 Å². The number of carbonyl (C=O) groups is 2. The zero-order chi connectivity index (χ0) is 24.1. The van der Waals surface area contributed by atoms with Crippen molar-refractivity contribution in [3.05, 3.63) is 47.5 Å². The second kappa shape index (κ2) is 10.5. The molecule has 0 spiro atoms. The van der Waals surface area contributed by atoms with Crippen LogP contribution in [0.5, 0.6) is 23.0 Å². The number of amides is 2. The fourth-order valence-electron chi connectivity index (χ4n) is 4.06. The van der Waals surface area contributed by atoms with Crippen LogP contribution in [-0.2, 0) is 9.59 Å². The quantitative estimate of drug-likeness (QED) is 0.420. The summed E-state index contributed by atoms with van der Waals surface area (Å²) in [4.78, 5) is 28.7. The fourth-order valence-corrected chi connectivity index (χ4v) is 4.06. The van der Waals surface area contributed by atoms with Crippen molar-refractivity contribution in [3.8, 4) is 23.0 Å². The maximum Gasteiger partial charge on any atom is 0.255 e. The summed E-state index contributed by atoms with van der Waals surface area (Å²) in [7, 11) is 0. The molecule has 0 bridgehead atoms. The number of hydrogen-bond acceptors (Lipinski definition) is 6. The second-order valence-corrected chi connectivity index (χ2v) is 8.25. The van der Waals surface area contributed by atoms with Crippen LogP contribution in [0.25, 0.3) is 11.1 Å².